The Labute approximate surface area is 145 Å². The Morgan fingerprint density at radius 3 is 2.60 bits per heavy atom. The van der Waals surface area contributed by atoms with Crippen molar-refractivity contribution >= 4 is 16.7 Å². The molecule has 0 radical (unpaired) electrons. The lowest BCUT2D eigenvalue weighted by Gasteiger charge is -2.10. The van der Waals surface area contributed by atoms with Crippen LogP contribution in [0.1, 0.15) is 16.8 Å². The van der Waals surface area contributed by atoms with Gasteiger partial charge in [-0.05, 0) is 48.4 Å². The summed E-state index contributed by atoms with van der Waals surface area (Å²) in [5.74, 6) is 0.366. The number of carbonyl (C=O) groups is 1. The van der Waals surface area contributed by atoms with Crippen LogP contribution in [0.4, 0.5) is 0 Å². The van der Waals surface area contributed by atoms with Crippen molar-refractivity contribution in [3.63, 3.8) is 0 Å². The highest BCUT2D eigenvalue weighted by molar-refractivity contribution is 5.84. The van der Waals surface area contributed by atoms with E-state index in [-0.39, 0.29) is 24.6 Å². The third kappa shape index (κ3) is 4.07. The Morgan fingerprint density at radius 1 is 1.08 bits per heavy atom. The van der Waals surface area contributed by atoms with Crippen molar-refractivity contribution in [1.29, 1.82) is 0 Å². The Kier molecular flexibility index (Phi) is 4.84. The zero-order valence-electron chi connectivity index (χ0n) is 14.3. The number of fused-ring (bicyclic) bond motifs is 1. The molecule has 1 amide bonds. The monoisotopic (exact) mass is 336 g/mol. The lowest BCUT2D eigenvalue weighted by atomic mass is 10.1. The number of benzene rings is 2. The number of ether oxygens (including phenoxy) is 1. The van der Waals surface area contributed by atoms with Crippen molar-refractivity contribution in [3.05, 3.63) is 75.7 Å². The fraction of sp³-hybridized carbons (Fsp3) is 0.200. The van der Waals surface area contributed by atoms with Gasteiger partial charge in [-0.1, -0.05) is 30.3 Å². The summed E-state index contributed by atoms with van der Waals surface area (Å²) in [5, 5.41) is 4.90. The number of rotatable bonds is 5. The Balaban J connectivity index is 1.58. The number of aryl methyl sites for hydroxylation is 2. The molecule has 0 aliphatic carbocycles. The van der Waals surface area contributed by atoms with Gasteiger partial charge in [-0.3, -0.25) is 9.59 Å². The van der Waals surface area contributed by atoms with Crippen LogP contribution in [0.15, 0.2) is 53.3 Å². The van der Waals surface area contributed by atoms with E-state index in [4.69, 9.17) is 4.74 Å². The van der Waals surface area contributed by atoms with E-state index in [0.717, 1.165) is 22.0 Å². The van der Waals surface area contributed by atoms with E-state index in [1.54, 1.807) is 0 Å². The zero-order valence-corrected chi connectivity index (χ0v) is 14.3. The van der Waals surface area contributed by atoms with Gasteiger partial charge in [0, 0.05) is 17.8 Å². The second-order valence-electron chi connectivity index (χ2n) is 6.02. The van der Waals surface area contributed by atoms with Crippen LogP contribution in [-0.2, 0) is 11.3 Å². The summed E-state index contributed by atoms with van der Waals surface area (Å²) in [7, 11) is 0. The van der Waals surface area contributed by atoms with Crippen LogP contribution in [0.3, 0.4) is 0 Å². The number of aromatic nitrogens is 1. The molecule has 0 saturated heterocycles. The average molecular weight is 336 g/mol. The first-order valence-electron chi connectivity index (χ1n) is 8.10. The highest BCUT2D eigenvalue weighted by Gasteiger charge is 2.08. The van der Waals surface area contributed by atoms with Crippen molar-refractivity contribution in [3.8, 4) is 5.75 Å². The third-order valence-electron chi connectivity index (χ3n) is 4.05. The molecule has 0 fully saturated rings. The predicted octanol–water partition coefficient (Wildman–Crippen LogP) is 2.84. The molecule has 3 rings (SSSR count). The molecule has 0 aliphatic heterocycles. The first kappa shape index (κ1) is 16.8. The minimum absolute atomic E-state index is 0.0961. The molecule has 25 heavy (non-hydrogen) atoms. The molecule has 0 spiro atoms. The first-order chi connectivity index (χ1) is 12.0. The van der Waals surface area contributed by atoms with Crippen LogP contribution in [0.2, 0.25) is 0 Å². The number of amides is 1. The maximum Gasteiger partial charge on any atom is 0.258 e. The largest absolute Gasteiger partial charge is 0.484 e. The normalized spacial score (nSPS) is 10.6. The van der Waals surface area contributed by atoms with Crippen molar-refractivity contribution in [2.45, 2.75) is 20.4 Å². The molecule has 1 aromatic heterocycles. The summed E-state index contributed by atoms with van der Waals surface area (Å²) in [5.41, 5.74) is 2.05. The number of pyridine rings is 1. The quantitative estimate of drug-likeness (QED) is 0.752. The molecule has 1 heterocycles. The number of nitrogens with one attached hydrogen (secondary N) is 2. The van der Waals surface area contributed by atoms with E-state index in [1.807, 2.05) is 62.4 Å². The fourth-order valence-electron chi connectivity index (χ4n) is 2.75. The molecule has 2 aromatic carbocycles. The van der Waals surface area contributed by atoms with Crippen LogP contribution in [0, 0.1) is 13.8 Å². The highest BCUT2D eigenvalue weighted by Crippen LogP contribution is 2.20. The van der Waals surface area contributed by atoms with Gasteiger partial charge in [0.25, 0.3) is 11.5 Å². The summed E-state index contributed by atoms with van der Waals surface area (Å²) in [6.07, 6.45) is 0. The lowest BCUT2D eigenvalue weighted by Crippen LogP contribution is -2.31. The molecule has 0 unspecified atom stereocenters. The molecule has 3 aromatic rings. The average Bonchev–Trinajstić information content (AvgIpc) is 2.59. The van der Waals surface area contributed by atoms with Gasteiger partial charge in [0.15, 0.2) is 6.61 Å². The first-order valence-corrected chi connectivity index (χ1v) is 8.10. The van der Waals surface area contributed by atoms with Crippen molar-refractivity contribution in [2.24, 2.45) is 0 Å². The van der Waals surface area contributed by atoms with Crippen molar-refractivity contribution in [1.82, 2.24) is 10.3 Å². The van der Waals surface area contributed by atoms with Crippen LogP contribution in [0.5, 0.6) is 5.75 Å². The third-order valence-corrected chi connectivity index (χ3v) is 4.05. The molecular formula is C20H20N2O3. The SMILES string of the molecule is Cc1cc(C)c(CNC(=O)COc2ccc3ccccc3c2)c(=O)[nH]1. The van der Waals surface area contributed by atoms with Gasteiger partial charge in [0.05, 0.1) is 0 Å². The fourth-order valence-corrected chi connectivity index (χ4v) is 2.75. The Morgan fingerprint density at radius 2 is 1.84 bits per heavy atom. The zero-order chi connectivity index (χ0) is 17.8. The lowest BCUT2D eigenvalue weighted by molar-refractivity contribution is -0.123. The summed E-state index contributed by atoms with van der Waals surface area (Å²) in [6, 6.07) is 15.5. The standard InChI is InChI=1S/C20H20N2O3/c1-13-9-14(2)22-20(24)18(13)11-21-19(23)12-25-17-8-7-15-5-3-4-6-16(15)10-17/h3-10H,11-12H2,1-2H3,(H,21,23)(H,22,24). The van der Waals surface area contributed by atoms with E-state index >= 15 is 0 Å². The van der Waals surface area contributed by atoms with Crippen LogP contribution >= 0.6 is 0 Å². The molecule has 0 bridgehead atoms. The van der Waals surface area contributed by atoms with Gasteiger partial charge < -0.3 is 15.0 Å². The van der Waals surface area contributed by atoms with Gasteiger partial charge in [-0.25, -0.2) is 0 Å². The number of hydrogen-bond acceptors (Lipinski definition) is 3. The Bertz CT molecular complexity index is 976. The van der Waals surface area contributed by atoms with Gasteiger partial charge >= 0.3 is 0 Å². The summed E-state index contributed by atoms with van der Waals surface area (Å²) in [6.45, 7) is 3.77. The van der Waals surface area contributed by atoms with Crippen LogP contribution < -0.4 is 15.6 Å². The number of aromatic amines is 1. The number of H-pyrrole nitrogens is 1. The maximum absolute atomic E-state index is 12.0. The topological polar surface area (TPSA) is 71.2 Å². The van der Waals surface area contributed by atoms with E-state index in [9.17, 15) is 9.59 Å². The van der Waals surface area contributed by atoms with E-state index in [1.165, 1.54) is 0 Å². The van der Waals surface area contributed by atoms with E-state index in [2.05, 4.69) is 10.3 Å². The number of carbonyl (C=O) groups excluding carboxylic acids is 1. The highest BCUT2D eigenvalue weighted by atomic mass is 16.5. The molecule has 128 valence electrons. The minimum Gasteiger partial charge on any atom is -0.484 e. The van der Waals surface area contributed by atoms with Gasteiger partial charge in [0.2, 0.25) is 0 Å². The second kappa shape index (κ2) is 7.21. The molecule has 2 N–H and O–H groups in total. The predicted molar refractivity (Wildman–Crippen MR) is 97.8 cm³/mol. The van der Waals surface area contributed by atoms with Crippen molar-refractivity contribution < 1.29 is 9.53 Å². The van der Waals surface area contributed by atoms with Gasteiger partial charge in [0.1, 0.15) is 5.75 Å². The van der Waals surface area contributed by atoms with Crippen LogP contribution in [-0.4, -0.2) is 17.5 Å². The second-order valence-corrected chi connectivity index (χ2v) is 6.02. The molecule has 0 aliphatic rings. The van der Waals surface area contributed by atoms with E-state index < -0.39 is 0 Å². The minimum atomic E-state index is -0.271. The Hall–Kier alpha value is -3.08. The van der Waals surface area contributed by atoms with Crippen molar-refractivity contribution in [2.75, 3.05) is 6.61 Å². The van der Waals surface area contributed by atoms with Gasteiger partial charge in [-0.15, -0.1) is 0 Å². The summed E-state index contributed by atoms with van der Waals surface area (Å²) in [4.78, 5) is 26.7. The molecule has 0 atom stereocenters. The molecule has 5 heteroatoms. The number of hydrogen-bond donors (Lipinski definition) is 2. The molecule has 5 nitrogen and oxygen atoms in total. The smallest absolute Gasteiger partial charge is 0.258 e. The van der Waals surface area contributed by atoms with Crippen LogP contribution in [0.25, 0.3) is 10.8 Å². The summed E-state index contributed by atoms with van der Waals surface area (Å²) < 4.78 is 5.55. The molecule has 0 saturated carbocycles. The molecular weight excluding hydrogens is 316 g/mol. The summed E-state index contributed by atoms with van der Waals surface area (Å²) >= 11 is 0. The maximum atomic E-state index is 12.0. The van der Waals surface area contributed by atoms with E-state index in [0.29, 0.717) is 11.3 Å². The van der Waals surface area contributed by atoms with Gasteiger partial charge in [-0.2, -0.15) is 0 Å².